The summed E-state index contributed by atoms with van der Waals surface area (Å²) in [7, 11) is -2.99. The molecule has 1 fully saturated rings. The summed E-state index contributed by atoms with van der Waals surface area (Å²) in [5.74, 6) is 0.0991. The molecule has 1 spiro atoms. The van der Waals surface area contributed by atoms with Crippen LogP contribution in [0.5, 0.6) is 0 Å². The van der Waals surface area contributed by atoms with E-state index in [0.29, 0.717) is 19.2 Å². The molecule has 2 aliphatic heterocycles. The van der Waals surface area contributed by atoms with E-state index in [1.54, 1.807) is 16.0 Å². The zero-order chi connectivity index (χ0) is 20.6. The van der Waals surface area contributed by atoms with E-state index in [4.69, 9.17) is 4.74 Å². The molecule has 0 aliphatic carbocycles. The lowest BCUT2D eigenvalue weighted by atomic mass is 9.82. The average molecular weight is 435 g/mol. The first kappa shape index (κ1) is 20.5. The standard InChI is InChI=1S/C20H26N4O3S2/c1-15-10-20(19-17(3-7-27-20)9-18(11-21)28-19)4-5-23(15)13-16-12-22-24(14-16)6-8-29(2,25)26/h9,12,14-15H,3-8,10,13H2,1-2H3. The fraction of sp³-hybridized carbons (Fsp3) is 0.600. The van der Waals surface area contributed by atoms with Crippen LogP contribution in [0.4, 0.5) is 0 Å². The largest absolute Gasteiger partial charge is 0.369 e. The first-order valence-electron chi connectivity index (χ1n) is 9.88. The van der Waals surface area contributed by atoms with Gasteiger partial charge in [-0.05, 0) is 37.8 Å². The minimum Gasteiger partial charge on any atom is -0.369 e. The number of rotatable bonds is 5. The number of piperidine rings is 1. The van der Waals surface area contributed by atoms with Crippen molar-refractivity contribution in [1.82, 2.24) is 14.7 Å². The summed E-state index contributed by atoms with van der Waals surface area (Å²) < 4.78 is 30.7. The molecule has 0 amide bonds. The minimum absolute atomic E-state index is 0.0991. The van der Waals surface area contributed by atoms with Gasteiger partial charge in [0, 0.05) is 42.0 Å². The van der Waals surface area contributed by atoms with Crippen LogP contribution in [0.15, 0.2) is 18.5 Å². The third-order valence-electron chi connectivity index (χ3n) is 5.90. The van der Waals surface area contributed by atoms with Gasteiger partial charge in [0.05, 0.1) is 25.1 Å². The van der Waals surface area contributed by atoms with Gasteiger partial charge in [0.2, 0.25) is 0 Å². The number of likely N-dealkylation sites (tertiary alicyclic amines) is 1. The molecule has 1 saturated heterocycles. The van der Waals surface area contributed by atoms with Crippen LogP contribution < -0.4 is 0 Å². The van der Waals surface area contributed by atoms with Gasteiger partial charge in [-0.1, -0.05) is 0 Å². The van der Waals surface area contributed by atoms with Gasteiger partial charge in [0.1, 0.15) is 26.4 Å². The van der Waals surface area contributed by atoms with Crippen molar-refractivity contribution in [1.29, 1.82) is 5.26 Å². The lowest BCUT2D eigenvalue weighted by molar-refractivity contribution is -0.110. The highest BCUT2D eigenvalue weighted by molar-refractivity contribution is 7.90. The predicted molar refractivity (Wildman–Crippen MR) is 111 cm³/mol. The Bertz CT molecular complexity index is 1040. The van der Waals surface area contributed by atoms with Crippen molar-refractivity contribution in [3.8, 4) is 6.07 Å². The molecule has 29 heavy (non-hydrogen) atoms. The van der Waals surface area contributed by atoms with Gasteiger partial charge in [-0.15, -0.1) is 11.3 Å². The maximum atomic E-state index is 11.3. The van der Waals surface area contributed by atoms with Crippen LogP contribution in [-0.2, 0) is 39.7 Å². The Morgan fingerprint density at radius 3 is 3.03 bits per heavy atom. The SMILES string of the molecule is CC1CC2(CCN1Cc1cnn(CCS(C)(=O)=O)c1)OCCc1cc(C#N)sc12. The number of ether oxygens (including phenoxy) is 1. The Morgan fingerprint density at radius 1 is 1.48 bits per heavy atom. The molecule has 156 valence electrons. The van der Waals surface area contributed by atoms with Crippen molar-refractivity contribution < 1.29 is 13.2 Å². The monoisotopic (exact) mass is 434 g/mol. The van der Waals surface area contributed by atoms with Crippen LogP contribution >= 0.6 is 11.3 Å². The topological polar surface area (TPSA) is 88.2 Å². The Balaban J connectivity index is 1.43. The number of hydrogen-bond acceptors (Lipinski definition) is 7. The fourth-order valence-corrected chi connectivity index (χ4v) is 6.11. The number of hydrogen-bond donors (Lipinski definition) is 0. The lowest BCUT2D eigenvalue weighted by Crippen LogP contribution is -2.49. The molecule has 9 heteroatoms. The van der Waals surface area contributed by atoms with Gasteiger partial charge in [-0.25, -0.2) is 8.42 Å². The first-order valence-corrected chi connectivity index (χ1v) is 12.8. The Hall–Kier alpha value is -1.73. The maximum Gasteiger partial charge on any atom is 0.149 e. The Kier molecular flexibility index (Phi) is 5.55. The first-order chi connectivity index (χ1) is 13.8. The zero-order valence-electron chi connectivity index (χ0n) is 16.8. The van der Waals surface area contributed by atoms with E-state index in [9.17, 15) is 13.7 Å². The second kappa shape index (κ2) is 7.84. The third kappa shape index (κ3) is 4.40. The van der Waals surface area contributed by atoms with Crippen molar-refractivity contribution in [3.05, 3.63) is 39.3 Å². The summed E-state index contributed by atoms with van der Waals surface area (Å²) in [4.78, 5) is 4.46. The fourth-order valence-electron chi connectivity index (χ4n) is 4.41. The van der Waals surface area contributed by atoms with E-state index in [0.717, 1.165) is 42.8 Å². The molecule has 0 bridgehead atoms. The van der Waals surface area contributed by atoms with Crippen LogP contribution in [0.2, 0.25) is 0 Å². The molecule has 7 nitrogen and oxygen atoms in total. The summed E-state index contributed by atoms with van der Waals surface area (Å²) in [6.45, 7) is 5.03. The van der Waals surface area contributed by atoms with Gasteiger partial charge < -0.3 is 4.74 Å². The molecule has 4 rings (SSSR count). The van der Waals surface area contributed by atoms with Crippen LogP contribution in [-0.4, -0.2) is 54.3 Å². The predicted octanol–water partition coefficient (Wildman–Crippen LogP) is 2.31. The zero-order valence-corrected chi connectivity index (χ0v) is 18.4. The molecule has 2 aromatic heterocycles. The lowest BCUT2D eigenvalue weighted by Gasteiger charge is -2.47. The molecule has 0 aromatic carbocycles. The summed E-state index contributed by atoms with van der Waals surface area (Å²) in [5.41, 5.74) is 2.11. The smallest absolute Gasteiger partial charge is 0.149 e. The third-order valence-corrected chi connectivity index (χ3v) is 8.09. The van der Waals surface area contributed by atoms with Crippen molar-refractivity contribution in [3.63, 3.8) is 0 Å². The van der Waals surface area contributed by atoms with Crippen molar-refractivity contribution in [2.45, 2.75) is 50.9 Å². The van der Waals surface area contributed by atoms with Gasteiger partial charge in [-0.2, -0.15) is 10.4 Å². The van der Waals surface area contributed by atoms with Gasteiger partial charge in [0.15, 0.2) is 0 Å². The molecule has 0 saturated carbocycles. The van der Waals surface area contributed by atoms with E-state index in [1.807, 2.05) is 18.5 Å². The van der Waals surface area contributed by atoms with E-state index in [1.165, 1.54) is 16.7 Å². The molecular formula is C20H26N4O3S2. The van der Waals surface area contributed by atoms with Crippen molar-refractivity contribution in [2.24, 2.45) is 0 Å². The highest BCUT2D eigenvalue weighted by Gasteiger charge is 2.44. The second-order valence-electron chi connectivity index (χ2n) is 8.18. The quantitative estimate of drug-likeness (QED) is 0.718. The van der Waals surface area contributed by atoms with Crippen LogP contribution in [0.3, 0.4) is 0 Å². The molecule has 2 aliphatic rings. The number of sulfone groups is 1. The summed E-state index contributed by atoms with van der Waals surface area (Å²) in [5, 5.41) is 13.6. The molecule has 0 N–H and O–H groups in total. The number of nitrogens with zero attached hydrogens (tertiary/aromatic N) is 4. The van der Waals surface area contributed by atoms with Crippen molar-refractivity contribution >= 4 is 21.2 Å². The summed E-state index contributed by atoms with van der Waals surface area (Å²) in [6, 6.07) is 4.66. The number of thiophene rings is 1. The van der Waals surface area contributed by atoms with E-state index < -0.39 is 9.84 Å². The van der Waals surface area contributed by atoms with E-state index >= 15 is 0 Å². The van der Waals surface area contributed by atoms with Gasteiger partial charge >= 0.3 is 0 Å². The summed E-state index contributed by atoms with van der Waals surface area (Å²) >= 11 is 1.59. The summed E-state index contributed by atoms with van der Waals surface area (Å²) in [6.07, 6.45) is 7.73. The highest BCUT2D eigenvalue weighted by Crippen LogP contribution is 2.47. The number of aryl methyl sites for hydroxylation is 1. The average Bonchev–Trinajstić information content (AvgIpc) is 3.29. The molecule has 2 unspecified atom stereocenters. The molecule has 2 aromatic rings. The van der Waals surface area contributed by atoms with Gasteiger partial charge in [-0.3, -0.25) is 9.58 Å². The Morgan fingerprint density at radius 2 is 2.31 bits per heavy atom. The molecule has 4 heterocycles. The number of fused-ring (bicyclic) bond motifs is 2. The number of aromatic nitrogens is 2. The highest BCUT2D eigenvalue weighted by atomic mass is 32.2. The van der Waals surface area contributed by atoms with Crippen LogP contribution in [0, 0.1) is 11.3 Å². The van der Waals surface area contributed by atoms with Crippen molar-refractivity contribution in [2.75, 3.05) is 25.2 Å². The minimum atomic E-state index is -2.99. The molecule has 2 atom stereocenters. The van der Waals surface area contributed by atoms with Crippen LogP contribution in [0.25, 0.3) is 0 Å². The Labute approximate surface area is 175 Å². The maximum absolute atomic E-state index is 11.3. The van der Waals surface area contributed by atoms with E-state index in [-0.39, 0.29) is 11.4 Å². The number of nitriles is 1. The molecule has 0 radical (unpaired) electrons. The second-order valence-corrected chi connectivity index (χ2v) is 11.5. The normalized spacial score (nSPS) is 25.1. The van der Waals surface area contributed by atoms with Gasteiger partial charge in [0.25, 0.3) is 0 Å². The molecular weight excluding hydrogens is 408 g/mol. The van der Waals surface area contributed by atoms with E-state index in [2.05, 4.69) is 23.0 Å². The van der Waals surface area contributed by atoms with Crippen LogP contribution in [0.1, 0.15) is 40.6 Å².